The van der Waals surface area contributed by atoms with E-state index in [1.54, 1.807) is 30.3 Å². The Kier molecular flexibility index (Phi) is 5.94. The molecule has 8 heteroatoms. The molecule has 1 atom stereocenters. The number of carboxylic acids is 1. The lowest BCUT2D eigenvalue weighted by molar-refractivity contribution is -0.308. The number of benzene rings is 2. The summed E-state index contributed by atoms with van der Waals surface area (Å²) in [6.07, 6.45) is 1.32. The van der Waals surface area contributed by atoms with Crippen LogP contribution in [-0.2, 0) is 11.2 Å². The fourth-order valence-electron chi connectivity index (χ4n) is 2.68. The van der Waals surface area contributed by atoms with Gasteiger partial charge < -0.3 is 30.1 Å². The van der Waals surface area contributed by atoms with Gasteiger partial charge in [-0.15, -0.1) is 0 Å². The lowest BCUT2D eigenvalue weighted by Crippen LogP contribution is -2.49. The number of amides is 2. The zero-order chi connectivity index (χ0) is 20.8. The van der Waals surface area contributed by atoms with E-state index in [-0.39, 0.29) is 29.2 Å². The lowest BCUT2D eigenvalue weighted by atomic mass is 10.0. The summed E-state index contributed by atoms with van der Waals surface area (Å²) < 4.78 is 5.02. The summed E-state index contributed by atoms with van der Waals surface area (Å²) in [5, 5.41) is 25.8. The molecule has 3 N–H and O–H groups in total. The summed E-state index contributed by atoms with van der Waals surface area (Å²) in [4.78, 5) is 36.4. The van der Waals surface area contributed by atoms with Crippen LogP contribution in [0.2, 0.25) is 0 Å². The van der Waals surface area contributed by atoms with Crippen LogP contribution in [0.25, 0.3) is 0 Å². The summed E-state index contributed by atoms with van der Waals surface area (Å²) in [5.74, 6) is -2.57. The first-order valence-electron chi connectivity index (χ1n) is 8.67. The number of carbonyl (C=O) groups is 3. The zero-order valence-electron chi connectivity index (χ0n) is 15.1. The number of aromatic hydroxyl groups is 1. The molecule has 0 saturated heterocycles. The summed E-state index contributed by atoms with van der Waals surface area (Å²) in [7, 11) is 0. The molecule has 0 aliphatic carbocycles. The van der Waals surface area contributed by atoms with E-state index in [1.165, 1.54) is 36.6 Å². The normalized spacial score (nSPS) is 11.4. The van der Waals surface area contributed by atoms with E-state index in [2.05, 4.69) is 10.6 Å². The number of anilines is 1. The van der Waals surface area contributed by atoms with Crippen molar-refractivity contribution >= 4 is 23.5 Å². The van der Waals surface area contributed by atoms with E-state index in [0.717, 1.165) is 0 Å². The maximum atomic E-state index is 12.7. The largest absolute Gasteiger partial charge is 0.548 e. The fraction of sp³-hybridized carbons (Fsp3) is 0.0952. The molecule has 0 fully saturated rings. The predicted octanol–water partition coefficient (Wildman–Crippen LogP) is 1.33. The van der Waals surface area contributed by atoms with Gasteiger partial charge in [0.2, 0.25) is 0 Å². The number of phenols is 1. The third-order valence-electron chi connectivity index (χ3n) is 4.13. The molecule has 8 nitrogen and oxygen atoms in total. The van der Waals surface area contributed by atoms with Gasteiger partial charge in [-0.25, -0.2) is 0 Å². The van der Waals surface area contributed by atoms with Gasteiger partial charge in [0.15, 0.2) is 5.76 Å². The predicted molar refractivity (Wildman–Crippen MR) is 101 cm³/mol. The van der Waals surface area contributed by atoms with E-state index < -0.39 is 23.8 Å². The van der Waals surface area contributed by atoms with Gasteiger partial charge in [0.05, 0.1) is 29.5 Å². The SMILES string of the molecule is O=C(Nc1ccccc1C(=O)N[C@H](Cc1ccc(O)cc1)C(=O)[O-])c1ccco1. The summed E-state index contributed by atoms with van der Waals surface area (Å²) >= 11 is 0. The Morgan fingerprint density at radius 2 is 1.69 bits per heavy atom. The first-order valence-corrected chi connectivity index (χ1v) is 8.67. The fourth-order valence-corrected chi connectivity index (χ4v) is 2.68. The smallest absolute Gasteiger partial charge is 0.291 e. The van der Waals surface area contributed by atoms with Crippen molar-refractivity contribution in [3.63, 3.8) is 0 Å². The van der Waals surface area contributed by atoms with E-state index in [0.29, 0.717) is 5.56 Å². The molecule has 2 amide bonds. The molecule has 148 valence electrons. The molecule has 3 rings (SSSR count). The molecule has 0 bridgehead atoms. The molecule has 2 aromatic carbocycles. The Bertz CT molecular complexity index is 1010. The molecule has 0 unspecified atom stereocenters. The Hall–Kier alpha value is -4.07. The van der Waals surface area contributed by atoms with Crippen molar-refractivity contribution < 1.29 is 29.0 Å². The van der Waals surface area contributed by atoms with Crippen LogP contribution in [0.4, 0.5) is 5.69 Å². The Morgan fingerprint density at radius 1 is 0.966 bits per heavy atom. The number of aliphatic carboxylic acids is 1. The van der Waals surface area contributed by atoms with Crippen molar-refractivity contribution in [2.75, 3.05) is 5.32 Å². The molecule has 0 radical (unpaired) electrons. The van der Waals surface area contributed by atoms with Crippen molar-refractivity contribution in [2.45, 2.75) is 12.5 Å². The maximum absolute atomic E-state index is 12.7. The number of carbonyl (C=O) groups excluding carboxylic acids is 3. The molecule has 0 aliphatic rings. The van der Waals surface area contributed by atoms with Crippen LogP contribution < -0.4 is 15.7 Å². The van der Waals surface area contributed by atoms with E-state index in [4.69, 9.17) is 4.42 Å². The van der Waals surface area contributed by atoms with Crippen molar-refractivity contribution in [3.8, 4) is 5.75 Å². The first-order chi connectivity index (χ1) is 13.9. The van der Waals surface area contributed by atoms with Gasteiger partial charge in [-0.2, -0.15) is 0 Å². The second-order valence-electron chi connectivity index (χ2n) is 6.19. The highest BCUT2D eigenvalue weighted by molar-refractivity contribution is 6.08. The van der Waals surface area contributed by atoms with Crippen molar-refractivity contribution in [2.24, 2.45) is 0 Å². The Morgan fingerprint density at radius 3 is 2.34 bits per heavy atom. The van der Waals surface area contributed by atoms with Gasteiger partial charge in [-0.1, -0.05) is 24.3 Å². The molecule has 0 saturated carbocycles. The topological polar surface area (TPSA) is 132 Å². The Balaban J connectivity index is 1.75. The number of hydrogen-bond acceptors (Lipinski definition) is 6. The average molecular weight is 393 g/mol. The number of furan rings is 1. The van der Waals surface area contributed by atoms with Crippen LogP contribution in [0.3, 0.4) is 0 Å². The lowest BCUT2D eigenvalue weighted by Gasteiger charge is -2.21. The molecular weight excluding hydrogens is 376 g/mol. The van der Waals surface area contributed by atoms with Crippen LogP contribution >= 0.6 is 0 Å². The van der Waals surface area contributed by atoms with Crippen molar-refractivity contribution in [1.29, 1.82) is 0 Å². The zero-order valence-corrected chi connectivity index (χ0v) is 15.1. The first kappa shape index (κ1) is 19.7. The Labute approximate surface area is 165 Å². The molecule has 0 spiro atoms. The summed E-state index contributed by atoms with van der Waals surface area (Å²) in [6.45, 7) is 0. The summed E-state index contributed by atoms with van der Waals surface area (Å²) in [6, 6.07) is 13.9. The number of hydrogen-bond donors (Lipinski definition) is 3. The second kappa shape index (κ2) is 8.75. The highest BCUT2D eigenvalue weighted by Crippen LogP contribution is 2.17. The van der Waals surface area contributed by atoms with E-state index in [9.17, 15) is 24.6 Å². The van der Waals surface area contributed by atoms with Gasteiger partial charge in [0, 0.05) is 0 Å². The number of carboxylic acid groups (broad SMARTS) is 1. The molecule has 3 aromatic rings. The quantitative estimate of drug-likeness (QED) is 0.555. The van der Waals surface area contributed by atoms with Crippen LogP contribution in [0.1, 0.15) is 26.5 Å². The minimum atomic E-state index is -1.46. The number of nitrogens with one attached hydrogen (secondary N) is 2. The molecule has 1 heterocycles. The van der Waals surface area contributed by atoms with Crippen LogP contribution in [-0.4, -0.2) is 28.9 Å². The maximum Gasteiger partial charge on any atom is 0.291 e. The van der Waals surface area contributed by atoms with Gasteiger partial charge in [0.25, 0.3) is 11.8 Å². The molecular formula is C21H17N2O6-. The highest BCUT2D eigenvalue weighted by atomic mass is 16.4. The number of phenolic OH excluding ortho intramolecular Hbond substituents is 1. The van der Waals surface area contributed by atoms with Gasteiger partial charge in [-0.3, -0.25) is 9.59 Å². The second-order valence-corrected chi connectivity index (χ2v) is 6.19. The minimum absolute atomic E-state index is 0.0325. The molecule has 29 heavy (non-hydrogen) atoms. The number of para-hydroxylation sites is 1. The van der Waals surface area contributed by atoms with Crippen LogP contribution in [0, 0.1) is 0 Å². The average Bonchev–Trinajstić information content (AvgIpc) is 3.24. The van der Waals surface area contributed by atoms with Gasteiger partial charge >= 0.3 is 0 Å². The minimum Gasteiger partial charge on any atom is -0.548 e. The number of rotatable bonds is 7. The van der Waals surface area contributed by atoms with Crippen molar-refractivity contribution in [1.82, 2.24) is 5.32 Å². The van der Waals surface area contributed by atoms with Gasteiger partial charge in [-0.05, 0) is 48.4 Å². The molecule has 0 aliphatic heterocycles. The van der Waals surface area contributed by atoms with Gasteiger partial charge in [0.1, 0.15) is 5.75 Å². The van der Waals surface area contributed by atoms with Crippen LogP contribution in [0.15, 0.2) is 71.3 Å². The van der Waals surface area contributed by atoms with E-state index >= 15 is 0 Å². The van der Waals surface area contributed by atoms with E-state index in [1.807, 2.05) is 0 Å². The summed E-state index contributed by atoms with van der Waals surface area (Å²) in [5.41, 5.74) is 0.884. The third-order valence-corrected chi connectivity index (χ3v) is 4.13. The van der Waals surface area contributed by atoms with Crippen molar-refractivity contribution in [3.05, 3.63) is 83.8 Å². The third kappa shape index (κ3) is 5.01. The standard InChI is InChI=1S/C21H18N2O6/c24-14-9-7-13(8-10-14)12-17(21(27)28)23-19(25)15-4-1-2-5-16(15)22-20(26)18-6-3-11-29-18/h1-11,17,24H,12H2,(H,22,26)(H,23,25)(H,27,28)/p-1/t17-/m1/s1. The van der Waals surface area contributed by atoms with Crippen LogP contribution in [0.5, 0.6) is 5.75 Å². The monoisotopic (exact) mass is 393 g/mol. The highest BCUT2D eigenvalue weighted by Gasteiger charge is 2.19. The molecule has 1 aromatic heterocycles.